The second-order valence-electron chi connectivity index (χ2n) is 3.46. The van der Waals surface area contributed by atoms with Gasteiger partial charge < -0.3 is 14.2 Å². The fourth-order valence-electron chi connectivity index (χ4n) is 1.03. The molecule has 0 aromatic rings. The number of methoxy groups -OCH3 is 1. The van der Waals surface area contributed by atoms with E-state index < -0.39 is 5.79 Å². The molecule has 4 heteroatoms. The number of hydrogen-bond acceptors (Lipinski definition) is 4. The number of esters is 1. The van der Waals surface area contributed by atoms with Crippen LogP contribution in [0.1, 0.15) is 20.8 Å². The van der Waals surface area contributed by atoms with Crippen LogP contribution in [0.5, 0.6) is 0 Å². The summed E-state index contributed by atoms with van der Waals surface area (Å²) in [6.45, 7) is 5.23. The zero-order valence-corrected chi connectivity index (χ0v) is 8.79. The lowest BCUT2D eigenvalue weighted by atomic mass is 10.2. The minimum Gasteiger partial charge on any atom is -0.466 e. The summed E-state index contributed by atoms with van der Waals surface area (Å²) < 4.78 is 15.1. The van der Waals surface area contributed by atoms with Crippen molar-refractivity contribution in [2.75, 3.05) is 7.11 Å². The van der Waals surface area contributed by atoms with E-state index in [4.69, 9.17) is 9.47 Å². The number of ether oxygens (including phenoxy) is 3. The van der Waals surface area contributed by atoms with E-state index in [1.165, 1.54) is 13.4 Å². The van der Waals surface area contributed by atoms with Gasteiger partial charge in [0.15, 0.2) is 5.76 Å². The minimum atomic E-state index is -0.651. The molecule has 1 heterocycles. The first-order valence-corrected chi connectivity index (χ1v) is 4.28. The molecule has 0 amide bonds. The van der Waals surface area contributed by atoms with E-state index >= 15 is 0 Å². The zero-order valence-electron chi connectivity index (χ0n) is 8.79. The Bertz CT molecular complexity index is 299. The third-order valence-electron chi connectivity index (χ3n) is 1.69. The van der Waals surface area contributed by atoms with E-state index in [0.29, 0.717) is 11.3 Å². The number of carbonyl (C=O) groups excluding carboxylic acids is 1. The highest BCUT2D eigenvalue weighted by Crippen LogP contribution is 2.25. The molecule has 0 N–H and O–H groups in total. The van der Waals surface area contributed by atoms with E-state index in [9.17, 15) is 4.79 Å². The van der Waals surface area contributed by atoms with Crippen LogP contribution in [-0.2, 0) is 19.0 Å². The van der Waals surface area contributed by atoms with Gasteiger partial charge >= 0.3 is 5.97 Å². The maximum atomic E-state index is 11.0. The van der Waals surface area contributed by atoms with Crippen LogP contribution in [0.4, 0.5) is 0 Å². The minimum absolute atomic E-state index is 0.376. The molecule has 1 rings (SSSR count). The fourth-order valence-corrected chi connectivity index (χ4v) is 1.03. The van der Waals surface area contributed by atoms with Gasteiger partial charge in [0.05, 0.1) is 7.11 Å². The molecule has 0 bridgehead atoms. The molecule has 0 fully saturated rings. The molecule has 0 saturated carbocycles. The summed E-state index contributed by atoms with van der Waals surface area (Å²) in [4.78, 5) is 11.0. The molecule has 1 aliphatic heterocycles. The van der Waals surface area contributed by atoms with Gasteiger partial charge in [-0.3, -0.25) is 0 Å². The molecule has 0 saturated heterocycles. The van der Waals surface area contributed by atoms with Crippen LogP contribution < -0.4 is 0 Å². The van der Waals surface area contributed by atoms with E-state index in [0.717, 1.165) is 0 Å². The number of allylic oxidation sites excluding steroid dienone is 1. The Morgan fingerprint density at radius 1 is 1.57 bits per heavy atom. The standard InChI is InChI=1S/C10H14O4/c1-7(9(11)12-4)5-8-6-13-10(2,3)14-8/h5-6H,1-4H3. The first-order valence-electron chi connectivity index (χ1n) is 4.28. The number of carbonyl (C=O) groups is 1. The molecule has 0 aliphatic carbocycles. The SMILES string of the molecule is COC(=O)C(C)=CC1=COC(C)(C)O1. The highest BCUT2D eigenvalue weighted by Gasteiger charge is 2.26. The van der Waals surface area contributed by atoms with Gasteiger partial charge in [0.2, 0.25) is 5.79 Å². The third-order valence-corrected chi connectivity index (χ3v) is 1.69. The molecule has 14 heavy (non-hydrogen) atoms. The van der Waals surface area contributed by atoms with E-state index in [1.807, 2.05) is 0 Å². The summed E-state index contributed by atoms with van der Waals surface area (Å²) in [5.74, 6) is -0.500. The lowest BCUT2D eigenvalue weighted by Gasteiger charge is -2.17. The molecule has 0 aromatic carbocycles. The predicted molar refractivity (Wildman–Crippen MR) is 50.1 cm³/mol. The van der Waals surface area contributed by atoms with E-state index in [2.05, 4.69) is 4.74 Å². The Morgan fingerprint density at radius 3 is 2.64 bits per heavy atom. The van der Waals surface area contributed by atoms with Crippen molar-refractivity contribution in [2.45, 2.75) is 26.6 Å². The highest BCUT2D eigenvalue weighted by molar-refractivity contribution is 5.88. The van der Waals surface area contributed by atoms with Gasteiger partial charge in [0.25, 0.3) is 0 Å². The van der Waals surface area contributed by atoms with Gasteiger partial charge in [-0.25, -0.2) is 4.79 Å². The Morgan fingerprint density at radius 2 is 2.21 bits per heavy atom. The average molecular weight is 198 g/mol. The van der Waals surface area contributed by atoms with Gasteiger partial charge in [-0.2, -0.15) is 0 Å². The highest BCUT2D eigenvalue weighted by atomic mass is 16.7. The lowest BCUT2D eigenvalue weighted by Crippen LogP contribution is -2.20. The van der Waals surface area contributed by atoms with Gasteiger partial charge in [0, 0.05) is 19.4 Å². The summed E-state index contributed by atoms with van der Waals surface area (Å²) in [7, 11) is 1.34. The number of rotatable bonds is 2. The van der Waals surface area contributed by atoms with Crippen molar-refractivity contribution in [3.8, 4) is 0 Å². The van der Waals surface area contributed by atoms with Crippen LogP contribution in [0.15, 0.2) is 23.7 Å². The van der Waals surface area contributed by atoms with Crippen molar-refractivity contribution in [3.05, 3.63) is 23.7 Å². The van der Waals surface area contributed by atoms with Crippen LogP contribution in [0.3, 0.4) is 0 Å². The first kappa shape index (κ1) is 10.6. The van der Waals surface area contributed by atoms with E-state index in [-0.39, 0.29) is 5.97 Å². The van der Waals surface area contributed by atoms with Crippen LogP contribution in [-0.4, -0.2) is 18.9 Å². The summed E-state index contributed by atoms with van der Waals surface area (Å²) in [5.41, 5.74) is 0.472. The van der Waals surface area contributed by atoms with Crippen LogP contribution >= 0.6 is 0 Å². The summed E-state index contributed by atoms with van der Waals surface area (Å²) in [6.07, 6.45) is 3.06. The third kappa shape index (κ3) is 2.52. The van der Waals surface area contributed by atoms with Crippen molar-refractivity contribution < 1.29 is 19.0 Å². The Hall–Kier alpha value is -1.45. The topological polar surface area (TPSA) is 44.8 Å². The molecule has 78 valence electrons. The predicted octanol–water partition coefficient (Wildman–Crippen LogP) is 1.73. The summed E-state index contributed by atoms with van der Waals surface area (Å²) in [6, 6.07) is 0. The Balaban J connectivity index is 2.66. The summed E-state index contributed by atoms with van der Waals surface area (Å²) >= 11 is 0. The van der Waals surface area contributed by atoms with Gasteiger partial charge in [-0.05, 0) is 13.0 Å². The Kier molecular flexibility index (Phi) is 2.84. The molecule has 0 radical (unpaired) electrons. The molecule has 0 atom stereocenters. The van der Waals surface area contributed by atoms with Crippen LogP contribution in [0.25, 0.3) is 0 Å². The Labute approximate surface area is 83.1 Å². The average Bonchev–Trinajstić information content (AvgIpc) is 2.44. The molecule has 1 aliphatic rings. The number of hydrogen-bond donors (Lipinski definition) is 0. The normalized spacial score (nSPS) is 19.4. The van der Waals surface area contributed by atoms with Gasteiger partial charge in [-0.1, -0.05) is 0 Å². The van der Waals surface area contributed by atoms with Gasteiger partial charge in [-0.15, -0.1) is 0 Å². The zero-order chi connectivity index (χ0) is 10.8. The molecule has 4 nitrogen and oxygen atoms in total. The van der Waals surface area contributed by atoms with Crippen molar-refractivity contribution in [2.24, 2.45) is 0 Å². The fraction of sp³-hybridized carbons (Fsp3) is 0.500. The molecule has 0 aromatic heterocycles. The second kappa shape index (κ2) is 3.74. The van der Waals surface area contributed by atoms with Crippen LogP contribution in [0, 0.1) is 0 Å². The first-order chi connectivity index (χ1) is 6.44. The maximum absolute atomic E-state index is 11.0. The van der Waals surface area contributed by atoms with E-state index in [1.54, 1.807) is 26.8 Å². The van der Waals surface area contributed by atoms with Crippen molar-refractivity contribution in [1.82, 2.24) is 0 Å². The van der Waals surface area contributed by atoms with Crippen molar-refractivity contribution in [3.63, 3.8) is 0 Å². The smallest absolute Gasteiger partial charge is 0.333 e. The molecule has 0 spiro atoms. The molecular formula is C10H14O4. The quantitative estimate of drug-likeness (QED) is 0.500. The van der Waals surface area contributed by atoms with Crippen molar-refractivity contribution >= 4 is 5.97 Å². The second-order valence-corrected chi connectivity index (χ2v) is 3.46. The largest absolute Gasteiger partial charge is 0.466 e. The van der Waals surface area contributed by atoms with Gasteiger partial charge in [0.1, 0.15) is 6.26 Å². The van der Waals surface area contributed by atoms with Crippen molar-refractivity contribution in [1.29, 1.82) is 0 Å². The molecule has 0 unspecified atom stereocenters. The molecular weight excluding hydrogens is 184 g/mol. The maximum Gasteiger partial charge on any atom is 0.333 e. The summed E-state index contributed by atoms with van der Waals surface area (Å²) in [5, 5.41) is 0. The van der Waals surface area contributed by atoms with Crippen LogP contribution in [0.2, 0.25) is 0 Å². The monoisotopic (exact) mass is 198 g/mol. The lowest BCUT2D eigenvalue weighted by molar-refractivity contribution is -0.136.